The van der Waals surface area contributed by atoms with Crippen LogP contribution in [0.25, 0.3) is 0 Å². The molecule has 0 spiro atoms. The Bertz CT molecular complexity index is 308. The Balaban J connectivity index is 1.87. The molecule has 2 aliphatic heterocycles. The third kappa shape index (κ3) is 4.37. The number of hydrogen-bond acceptors (Lipinski definition) is 2. The van der Waals surface area contributed by atoms with Crippen LogP contribution in [0.5, 0.6) is 0 Å². The summed E-state index contributed by atoms with van der Waals surface area (Å²) in [5, 5.41) is 3.46. The fourth-order valence-electron chi connectivity index (χ4n) is 3.29. The molecule has 0 bridgehead atoms. The first-order valence-corrected chi connectivity index (χ1v) is 8.48. The van der Waals surface area contributed by atoms with E-state index in [0.717, 1.165) is 25.0 Å². The summed E-state index contributed by atoms with van der Waals surface area (Å²) in [6, 6.07) is 0.675. The highest BCUT2D eigenvalue weighted by Crippen LogP contribution is 2.19. The zero-order chi connectivity index (χ0) is 14.4. The van der Waals surface area contributed by atoms with Gasteiger partial charge in [0.1, 0.15) is 0 Å². The van der Waals surface area contributed by atoms with Gasteiger partial charge in [-0.15, -0.1) is 0 Å². The lowest BCUT2D eigenvalue weighted by molar-refractivity contribution is 0.143. The Hall–Kier alpha value is -0.770. The number of nitrogens with zero attached hydrogens (tertiary/aromatic N) is 3. The number of hydrogen-bond donors (Lipinski definition) is 1. The van der Waals surface area contributed by atoms with Gasteiger partial charge in [-0.25, -0.2) is 0 Å². The smallest absolute Gasteiger partial charge is 0.193 e. The van der Waals surface area contributed by atoms with Crippen LogP contribution in [-0.2, 0) is 0 Å². The van der Waals surface area contributed by atoms with Crippen molar-refractivity contribution in [2.75, 3.05) is 39.3 Å². The van der Waals surface area contributed by atoms with Gasteiger partial charge in [0.05, 0.1) is 0 Å². The van der Waals surface area contributed by atoms with Crippen molar-refractivity contribution in [3.8, 4) is 0 Å². The topological polar surface area (TPSA) is 30.9 Å². The van der Waals surface area contributed by atoms with E-state index in [2.05, 4.69) is 35.9 Å². The predicted octanol–water partition coefficient (Wildman–Crippen LogP) is 2.17. The van der Waals surface area contributed by atoms with Gasteiger partial charge in [-0.05, 0) is 58.9 Å². The summed E-state index contributed by atoms with van der Waals surface area (Å²) < 4.78 is 0. The Morgan fingerprint density at radius 2 is 1.95 bits per heavy atom. The molecule has 2 rings (SSSR count). The molecule has 1 N–H and O–H groups in total. The van der Waals surface area contributed by atoms with Crippen LogP contribution >= 0.6 is 0 Å². The molecular formula is C16H32N4. The fraction of sp³-hybridized carbons (Fsp3) is 0.938. The Morgan fingerprint density at radius 3 is 2.60 bits per heavy atom. The van der Waals surface area contributed by atoms with E-state index in [-0.39, 0.29) is 0 Å². The van der Waals surface area contributed by atoms with E-state index in [1.165, 1.54) is 51.9 Å². The molecule has 116 valence electrons. The normalized spacial score (nSPS) is 25.5. The van der Waals surface area contributed by atoms with Gasteiger partial charge in [0.15, 0.2) is 5.96 Å². The van der Waals surface area contributed by atoms with Crippen LogP contribution in [0.4, 0.5) is 0 Å². The van der Waals surface area contributed by atoms with Crippen molar-refractivity contribution in [2.45, 2.75) is 52.5 Å². The maximum absolute atomic E-state index is 4.92. The summed E-state index contributed by atoms with van der Waals surface area (Å²) in [5.74, 6) is 1.88. The summed E-state index contributed by atoms with van der Waals surface area (Å²) in [5.41, 5.74) is 0. The molecular weight excluding hydrogens is 248 g/mol. The van der Waals surface area contributed by atoms with Crippen molar-refractivity contribution in [3.05, 3.63) is 0 Å². The highest BCUT2D eigenvalue weighted by molar-refractivity contribution is 5.80. The molecule has 1 atom stereocenters. The fourth-order valence-corrected chi connectivity index (χ4v) is 3.29. The van der Waals surface area contributed by atoms with Crippen molar-refractivity contribution >= 4 is 5.96 Å². The number of likely N-dealkylation sites (tertiary alicyclic amines) is 2. The molecule has 2 heterocycles. The number of nitrogens with one attached hydrogen (secondary N) is 1. The predicted molar refractivity (Wildman–Crippen MR) is 86.2 cm³/mol. The summed E-state index contributed by atoms with van der Waals surface area (Å²) in [4.78, 5) is 9.94. The quantitative estimate of drug-likeness (QED) is 0.632. The number of rotatable bonds is 4. The van der Waals surface area contributed by atoms with Crippen LogP contribution in [0.15, 0.2) is 4.99 Å². The van der Waals surface area contributed by atoms with Crippen LogP contribution in [0.2, 0.25) is 0 Å². The molecule has 0 aliphatic carbocycles. The van der Waals surface area contributed by atoms with E-state index < -0.39 is 0 Å². The minimum absolute atomic E-state index is 0.675. The zero-order valence-electron chi connectivity index (χ0n) is 13.6. The van der Waals surface area contributed by atoms with E-state index in [0.29, 0.717) is 6.04 Å². The maximum Gasteiger partial charge on any atom is 0.193 e. The van der Waals surface area contributed by atoms with Crippen molar-refractivity contribution in [2.24, 2.45) is 10.9 Å². The minimum atomic E-state index is 0.675. The van der Waals surface area contributed by atoms with Crippen LogP contribution in [0, 0.1) is 5.92 Å². The molecule has 1 unspecified atom stereocenters. The number of aliphatic imine (C=N–C) groups is 1. The third-order valence-electron chi connectivity index (χ3n) is 4.52. The lowest BCUT2D eigenvalue weighted by Gasteiger charge is -2.35. The molecule has 0 radical (unpaired) electrons. The van der Waals surface area contributed by atoms with Crippen molar-refractivity contribution in [1.29, 1.82) is 0 Å². The van der Waals surface area contributed by atoms with Crippen LogP contribution < -0.4 is 5.32 Å². The molecule has 4 heteroatoms. The number of guanidine groups is 1. The zero-order valence-corrected chi connectivity index (χ0v) is 13.6. The first kappa shape index (κ1) is 15.6. The second-order valence-corrected chi connectivity index (χ2v) is 6.49. The molecule has 2 aliphatic rings. The Morgan fingerprint density at radius 1 is 1.20 bits per heavy atom. The van der Waals surface area contributed by atoms with Gasteiger partial charge in [0.2, 0.25) is 0 Å². The summed E-state index contributed by atoms with van der Waals surface area (Å²) in [6.45, 7) is 13.6. The Labute approximate surface area is 124 Å². The summed E-state index contributed by atoms with van der Waals surface area (Å²) in [6.07, 6.45) is 5.30. The van der Waals surface area contributed by atoms with Crippen LogP contribution in [0.3, 0.4) is 0 Å². The Kier molecular flexibility index (Phi) is 6.14. The molecule has 0 saturated carbocycles. The second-order valence-electron chi connectivity index (χ2n) is 6.49. The van der Waals surface area contributed by atoms with Crippen molar-refractivity contribution in [1.82, 2.24) is 15.1 Å². The molecule has 0 aromatic carbocycles. The largest absolute Gasteiger partial charge is 0.357 e. The van der Waals surface area contributed by atoms with Gasteiger partial charge in [-0.2, -0.15) is 0 Å². The number of piperidine rings is 1. The van der Waals surface area contributed by atoms with Gasteiger partial charge in [-0.1, -0.05) is 0 Å². The summed E-state index contributed by atoms with van der Waals surface area (Å²) >= 11 is 0. The lowest BCUT2D eigenvalue weighted by Crippen LogP contribution is -2.42. The van der Waals surface area contributed by atoms with Gasteiger partial charge in [0.25, 0.3) is 0 Å². The molecule has 0 amide bonds. The first-order chi connectivity index (χ1) is 9.70. The SMILES string of the molecule is CCNC(=NCC1CCCN(C(C)C)C1)N1CCCC1. The monoisotopic (exact) mass is 280 g/mol. The van der Waals surface area contributed by atoms with E-state index >= 15 is 0 Å². The second kappa shape index (κ2) is 7.87. The molecule has 20 heavy (non-hydrogen) atoms. The summed E-state index contributed by atoms with van der Waals surface area (Å²) in [7, 11) is 0. The standard InChI is InChI=1S/C16H32N4/c1-4-17-16(19-9-5-6-10-19)18-12-15-8-7-11-20(13-15)14(2)3/h14-15H,4-13H2,1-3H3,(H,17,18). The highest BCUT2D eigenvalue weighted by atomic mass is 15.3. The third-order valence-corrected chi connectivity index (χ3v) is 4.52. The molecule has 0 aromatic heterocycles. The maximum atomic E-state index is 4.92. The van der Waals surface area contributed by atoms with E-state index in [9.17, 15) is 0 Å². The van der Waals surface area contributed by atoms with Gasteiger partial charge in [0, 0.05) is 38.8 Å². The molecule has 4 nitrogen and oxygen atoms in total. The van der Waals surface area contributed by atoms with E-state index in [1.54, 1.807) is 0 Å². The van der Waals surface area contributed by atoms with Gasteiger partial charge in [-0.3, -0.25) is 4.99 Å². The van der Waals surface area contributed by atoms with Crippen molar-refractivity contribution in [3.63, 3.8) is 0 Å². The van der Waals surface area contributed by atoms with E-state index in [4.69, 9.17) is 4.99 Å². The molecule has 0 aromatic rings. The average molecular weight is 280 g/mol. The van der Waals surface area contributed by atoms with Crippen molar-refractivity contribution < 1.29 is 0 Å². The van der Waals surface area contributed by atoms with E-state index in [1.807, 2.05) is 0 Å². The van der Waals surface area contributed by atoms with Gasteiger partial charge < -0.3 is 15.1 Å². The molecule has 2 saturated heterocycles. The van der Waals surface area contributed by atoms with Gasteiger partial charge >= 0.3 is 0 Å². The minimum Gasteiger partial charge on any atom is -0.357 e. The highest BCUT2D eigenvalue weighted by Gasteiger charge is 2.22. The first-order valence-electron chi connectivity index (χ1n) is 8.48. The van der Waals surface area contributed by atoms with Crippen LogP contribution in [-0.4, -0.2) is 61.1 Å². The average Bonchev–Trinajstić information content (AvgIpc) is 2.97. The lowest BCUT2D eigenvalue weighted by atomic mass is 9.97. The molecule has 2 fully saturated rings. The van der Waals surface area contributed by atoms with Crippen LogP contribution in [0.1, 0.15) is 46.5 Å².